The Kier molecular flexibility index (Phi) is 3.17. The second-order valence-electron chi connectivity index (χ2n) is 3.50. The van der Waals surface area contributed by atoms with Gasteiger partial charge in [-0.3, -0.25) is 0 Å². The number of anilines is 1. The topological polar surface area (TPSA) is 63.8 Å². The summed E-state index contributed by atoms with van der Waals surface area (Å²) in [6, 6.07) is 3.93. The highest BCUT2D eigenvalue weighted by atomic mass is 32.1. The van der Waals surface area contributed by atoms with Gasteiger partial charge in [0.1, 0.15) is 5.82 Å². The van der Waals surface area contributed by atoms with E-state index in [0.717, 1.165) is 22.8 Å². The Morgan fingerprint density at radius 1 is 1.44 bits per heavy atom. The fourth-order valence-corrected chi connectivity index (χ4v) is 2.31. The molecule has 0 fully saturated rings. The normalized spacial score (nSPS) is 10.4. The van der Waals surface area contributed by atoms with Gasteiger partial charge >= 0.3 is 0 Å². The van der Waals surface area contributed by atoms with Crippen molar-refractivity contribution in [3.8, 4) is 10.7 Å². The summed E-state index contributed by atoms with van der Waals surface area (Å²) in [5, 5.41) is 2.04. The van der Waals surface area contributed by atoms with Crippen LogP contribution in [-0.4, -0.2) is 9.97 Å². The van der Waals surface area contributed by atoms with Crippen molar-refractivity contribution in [2.75, 3.05) is 5.43 Å². The van der Waals surface area contributed by atoms with Crippen molar-refractivity contribution in [1.82, 2.24) is 9.97 Å². The van der Waals surface area contributed by atoms with Crippen molar-refractivity contribution in [3.63, 3.8) is 0 Å². The predicted molar refractivity (Wildman–Crippen MR) is 67.3 cm³/mol. The molecule has 0 saturated heterocycles. The third-order valence-electron chi connectivity index (χ3n) is 2.35. The first-order valence-electron chi connectivity index (χ1n) is 5.13. The van der Waals surface area contributed by atoms with Crippen molar-refractivity contribution < 1.29 is 0 Å². The van der Waals surface area contributed by atoms with E-state index in [-0.39, 0.29) is 0 Å². The molecule has 4 nitrogen and oxygen atoms in total. The molecule has 0 aliphatic carbocycles. The molecule has 2 heterocycles. The quantitative estimate of drug-likeness (QED) is 0.632. The maximum Gasteiger partial charge on any atom is 0.172 e. The number of aryl methyl sites for hydroxylation is 2. The highest BCUT2D eigenvalue weighted by Crippen LogP contribution is 2.27. The SMILES string of the molecule is CCc1cc(NN)nc(-c2sccc2C)n1. The molecule has 2 aromatic heterocycles. The van der Waals surface area contributed by atoms with Gasteiger partial charge in [-0.2, -0.15) is 0 Å². The molecule has 5 heteroatoms. The lowest BCUT2D eigenvalue weighted by Crippen LogP contribution is -2.10. The van der Waals surface area contributed by atoms with E-state index in [9.17, 15) is 0 Å². The zero-order valence-electron chi connectivity index (χ0n) is 9.32. The predicted octanol–water partition coefficient (Wildman–Crippen LogP) is 2.36. The van der Waals surface area contributed by atoms with Crippen LogP contribution in [-0.2, 0) is 6.42 Å². The van der Waals surface area contributed by atoms with Gasteiger partial charge < -0.3 is 5.43 Å². The lowest BCUT2D eigenvalue weighted by atomic mass is 10.2. The van der Waals surface area contributed by atoms with Crippen LogP contribution < -0.4 is 11.3 Å². The Balaban J connectivity index is 2.52. The van der Waals surface area contributed by atoms with E-state index >= 15 is 0 Å². The number of nitrogens with two attached hydrogens (primary N) is 1. The number of aromatic nitrogens is 2. The monoisotopic (exact) mass is 234 g/mol. The van der Waals surface area contributed by atoms with Gasteiger partial charge in [-0.1, -0.05) is 6.92 Å². The summed E-state index contributed by atoms with van der Waals surface area (Å²) >= 11 is 1.65. The standard InChI is InChI=1S/C11H14N4S/c1-3-8-6-9(15-12)14-11(13-8)10-7(2)4-5-16-10/h4-6H,3,12H2,1-2H3,(H,13,14,15). The molecule has 2 rings (SSSR count). The number of hydrazine groups is 1. The minimum Gasteiger partial charge on any atom is -0.308 e. The van der Waals surface area contributed by atoms with E-state index in [1.54, 1.807) is 11.3 Å². The summed E-state index contributed by atoms with van der Waals surface area (Å²) in [4.78, 5) is 9.98. The fraction of sp³-hybridized carbons (Fsp3) is 0.273. The molecule has 3 N–H and O–H groups in total. The van der Waals surface area contributed by atoms with Gasteiger partial charge in [-0.15, -0.1) is 11.3 Å². The zero-order chi connectivity index (χ0) is 11.5. The van der Waals surface area contributed by atoms with Crippen LogP contribution in [0.25, 0.3) is 10.7 Å². The average molecular weight is 234 g/mol. The summed E-state index contributed by atoms with van der Waals surface area (Å²) in [5.74, 6) is 6.81. The molecule has 0 spiro atoms. The lowest BCUT2D eigenvalue weighted by Gasteiger charge is -2.05. The number of nitrogens with zero attached hydrogens (tertiary/aromatic N) is 2. The van der Waals surface area contributed by atoms with Crippen LogP contribution in [0, 0.1) is 6.92 Å². The lowest BCUT2D eigenvalue weighted by molar-refractivity contribution is 1.00. The number of rotatable bonds is 3. The molecule has 0 aromatic carbocycles. The molecule has 16 heavy (non-hydrogen) atoms. The zero-order valence-corrected chi connectivity index (χ0v) is 10.1. The van der Waals surface area contributed by atoms with E-state index in [1.165, 1.54) is 5.56 Å². The molecular formula is C11H14N4S. The third-order valence-corrected chi connectivity index (χ3v) is 3.37. The van der Waals surface area contributed by atoms with Crippen LogP contribution in [0.15, 0.2) is 17.5 Å². The third kappa shape index (κ3) is 2.05. The molecule has 0 aliphatic rings. The van der Waals surface area contributed by atoms with Crippen LogP contribution in [0.5, 0.6) is 0 Å². The van der Waals surface area contributed by atoms with Gasteiger partial charge in [-0.25, -0.2) is 15.8 Å². The molecule has 0 bridgehead atoms. The summed E-state index contributed by atoms with van der Waals surface area (Å²) in [6.07, 6.45) is 0.870. The molecule has 0 aliphatic heterocycles. The molecule has 2 aromatic rings. The van der Waals surface area contributed by atoms with Crippen LogP contribution in [0.2, 0.25) is 0 Å². The Morgan fingerprint density at radius 2 is 2.25 bits per heavy atom. The molecule has 84 valence electrons. The highest BCUT2D eigenvalue weighted by molar-refractivity contribution is 7.13. The van der Waals surface area contributed by atoms with Gasteiger partial charge in [-0.05, 0) is 30.4 Å². The van der Waals surface area contributed by atoms with Gasteiger partial charge in [0.25, 0.3) is 0 Å². The number of nitrogen functional groups attached to an aromatic ring is 1. The Labute approximate surface area is 98.5 Å². The molecule has 0 saturated carbocycles. The smallest absolute Gasteiger partial charge is 0.172 e. The van der Waals surface area contributed by atoms with Crippen molar-refractivity contribution in [3.05, 3.63) is 28.8 Å². The van der Waals surface area contributed by atoms with Crippen LogP contribution in [0.1, 0.15) is 18.2 Å². The Morgan fingerprint density at radius 3 is 2.81 bits per heavy atom. The largest absolute Gasteiger partial charge is 0.308 e. The van der Waals surface area contributed by atoms with Gasteiger partial charge in [0, 0.05) is 11.8 Å². The first-order valence-corrected chi connectivity index (χ1v) is 6.01. The summed E-state index contributed by atoms with van der Waals surface area (Å²) in [6.45, 7) is 4.12. The van der Waals surface area contributed by atoms with Gasteiger partial charge in [0.05, 0.1) is 4.88 Å². The number of hydrogen-bond acceptors (Lipinski definition) is 5. The number of hydrogen-bond donors (Lipinski definition) is 2. The average Bonchev–Trinajstić information content (AvgIpc) is 2.74. The maximum absolute atomic E-state index is 5.40. The van der Waals surface area contributed by atoms with Gasteiger partial charge in [0.2, 0.25) is 0 Å². The van der Waals surface area contributed by atoms with Crippen molar-refractivity contribution in [1.29, 1.82) is 0 Å². The molecule has 0 atom stereocenters. The van der Waals surface area contributed by atoms with E-state index in [2.05, 4.69) is 35.3 Å². The molecular weight excluding hydrogens is 220 g/mol. The minimum atomic E-state index is 0.662. The van der Waals surface area contributed by atoms with Crippen molar-refractivity contribution in [2.45, 2.75) is 20.3 Å². The van der Waals surface area contributed by atoms with E-state index < -0.39 is 0 Å². The van der Waals surface area contributed by atoms with E-state index in [4.69, 9.17) is 5.84 Å². The van der Waals surface area contributed by atoms with Crippen LogP contribution in [0.4, 0.5) is 5.82 Å². The van der Waals surface area contributed by atoms with Crippen LogP contribution in [0.3, 0.4) is 0 Å². The summed E-state index contributed by atoms with van der Waals surface area (Å²) < 4.78 is 0. The number of thiophene rings is 1. The summed E-state index contributed by atoms with van der Waals surface area (Å²) in [5.41, 5.74) is 4.76. The first kappa shape index (κ1) is 11.0. The molecule has 0 amide bonds. The Bertz CT molecular complexity index is 470. The maximum atomic E-state index is 5.40. The second kappa shape index (κ2) is 4.59. The number of nitrogens with one attached hydrogen (secondary N) is 1. The summed E-state index contributed by atoms with van der Waals surface area (Å²) in [7, 11) is 0. The first-order chi connectivity index (χ1) is 7.74. The van der Waals surface area contributed by atoms with Crippen LogP contribution >= 0.6 is 11.3 Å². The fourth-order valence-electron chi connectivity index (χ4n) is 1.46. The minimum absolute atomic E-state index is 0.662. The Hall–Kier alpha value is -1.46. The molecule has 0 radical (unpaired) electrons. The van der Waals surface area contributed by atoms with E-state index in [0.29, 0.717) is 5.82 Å². The van der Waals surface area contributed by atoms with Gasteiger partial charge in [0.15, 0.2) is 5.82 Å². The highest BCUT2D eigenvalue weighted by Gasteiger charge is 2.09. The van der Waals surface area contributed by atoms with Crippen molar-refractivity contribution in [2.24, 2.45) is 5.84 Å². The second-order valence-corrected chi connectivity index (χ2v) is 4.41. The van der Waals surface area contributed by atoms with E-state index in [1.807, 2.05) is 11.4 Å². The van der Waals surface area contributed by atoms with Crippen molar-refractivity contribution >= 4 is 17.2 Å². The molecule has 0 unspecified atom stereocenters.